The summed E-state index contributed by atoms with van der Waals surface area (Å²) in [7, 11) is 0. The summed E-state index contributed by atoms with van der Waals surface area (Å²) < 4.78 is 15.3. The minimum Gasteiger partial charge on any atom is -0.477 e. The molecule has 10 heteroatoms. The van der Waals surface area contributed by atoms with Crippen LogP contribution in [0.5, 0.6) is 17.2 Å². The summed E-state index contributed by atoms with van der Waals surface area (Å²) >= 11 is 27.4. The number of rotatable bonds is 3. The predicted octanol–water partition coefficient (Wildman–Crippen LogP) is 5.69. The first kappa shape index (κ1) is 29.5. The largest absolute Gasteiger partial charge is 3.00 e. The van der Waals surface area contributed by atoms with Gasteiger partial charge in [-0.3, -0.25) is 0 Å². The van der Waals surface area contributed by atoms with Crippen LogP contribution < -0.4 is 14.2 Å². The second kappa shape index (κ2) is 18.1. The number of para-hydroxylation sites is 3. The fourth-order valence-corrected chi connectivity index (χ4v) is 2.33. The molecule has 0 bridgehead atoms. The van der Waals surface area contributed by atoms with E-state index in [1.54, 1.807) is 36.4 Å². The maximum absolute atomic E-state index is 4.96. The molecule has 0 N–H and O–H groups in total. The molecule has 0 amide bonds. The summed E-state index contributed by atoms with van der Waals surface area (Å²) in [6, 6.07) is 27.7. The van der Waals surface area contributed by atoms with Crippen LogP contribution in [0, 0.1) is 0 Å². The molecule has 0 saturated heterocycles. The monoisotopic (exact) mass is 566 g/mol. The van der Waals surface area contributed by atoms with E-state index in [1.165, 1.54) is 0 Å². The zero-order chi connectivity index (χ0) is 22.2. The summed E-state index contributed by atoms with van der Waals surface area (Å²) in [5.41, 5.74) is 0. The van der Waals surface area contributed by atoms with Crippen molar-refractivity contribution in [2.24, 2.45) is 0 Å². The van der Waals surface area contributed by atoms with Crippen molar-refractivity contribution in [1.82, 2.24) is 0 Å². The number of hydrogen-bond donors (Lipinski definition) is 0. The van der Waals surface area contributed by atoms with Crippen LogP contribution in [-0.4, -0.2) is 13.1 Å². The fourth-order valence-electron chi connectivity index (χ4n) is 1.75. The van der Waals surface area contributed by atoms with Crippen LogP contribution in [0.25, 0.3) is 0 Å². The Morgan fingerprint density at radius 3 is 0.806 bits per heavy atom. The third-order valence-electron chi connectivity index (χ3n) is 2.83. The van der Waals surface area contributed by atoms with Crippen molar-refractivity contribution < 1.29 is 31.0 Å². The number of thiocarbonyl (C=S) groups is 3. The first-order valence-corrected chi connectivity index (χ1v) is 10.6. The van der Waals surface area contributed by atoms with Gasteiger partial charge in [-0.25, -0.2) is 0 Å². The van der Waals surface area contributed by atoms with Crippen LogP contribution in [0.4, 0.5) is 0 Å². The van der Waals surface area contributed by atoms with E-state index in [1.807, 2.05) is 54.6 Å². The maximum atomic E-state index is 4.96. The van der Waals surface area contributed by atoms with Gasteiger partial charge in [0.2, 0.25) is 0 Å². The average molecular weight is 567 g/mol. The molecule has 3 nitrogen and oxygen atoms in total. The Morgan fingerprint density at radius 1 is 0.452 bits per heavy atom. The number of ether oxygens (including phenoxy) is 3. The van der Waals surface area contributed by atoms with Gasteiger partial charge in [0, 0.05) is 13.1 Å². The molecule has 0 aromatic heterocycles. The van der Waals surface area contributed by atoms with Crippen molar-refractivity contribution in [2.45, 2.75) is 0 Å². The Hall–Kier alpha value is -1.50. The van der Waals surface area contributed by atoms with Gasteiger partial charge in [-0.2, -0.15) is 0 Å². The van der Waals surface area contributed by atoms with Crippen LogP contribution >= 0.6 is 36.7 Å². The third kappa shape index (κ3) is 16.8. The Kier molecular flexibility index (Phi) is 17.2. The van der Waals surface area contributed by atoms with Gasteiger partial charge in [-0.05, 0) is 36.4 Å². The first-order valence-electron chi connectivity index (χ1n) is 8.18. The second-order valence-electron chi connectivity index (χ2n) is 5.00. The molecule has 0 aliphatic heterocycles. The van der Waals surface area contributed by atoms with Crippen molar-refractivity contribution in [2.75, 3.05) is 0 Å². The molecule has 3 rings (SSSR count). The minimum absolute atomic E-state index is 0. The fraction of sp³-hybridized carbons (Fsp3) is 0. The molecule has 0 atom stereocenters. The Balaban J connectivity index is 0.000000429. The van der Waals surface area contributed by atoms with E-state index in [-0.39, 0.29) is 29.9 Å². The van der Waals surface area contributed by atoms with Crippen LogP contribution in [0.15, 0.2) is 91.0 Å². The van der Waals surface area contributed by atoms with Gasteiger partial charge >= 0.3 is 16.8 Å². The van der Waals surface area contributed by atoms with Gasteiger partial charge in [-0.1, -0.05) is 54.6 Å². The van der Waals surface area contributed by atoms with Crippen molar-refractivity contribution in [1.29, 1.82) is 0 Å². The summed E-state index contributed by atoms with van der Waals surface area (Å²) in [6.45, 7) is 0. The SMILES string of the molecule is S=C([S-])Oc1ccccc1.S=C([S-])Oc1ccccc1.S=C([S-])Oc1ccccc1.[Co+3]. The predicted molar refractivity (Wildman–Crippen MR) is 141 cm³/mol. The minimum atomic E-state index is 0. The summed E-state index contributed by atoms with van der Waals surface area (Å²) in [6.07, 6.45) is 0. The molecule has 0 saturated carbocycles. The smallest absolute Gasteiger partial charge is 0.477 e. The molecule has 31 heavy (non-hydrogen) atoms. The molecule has 3 aromatic rings. The van der Waals surface area contributed by atoms with Gasteiger partial charge in [0.25, 0.3) is 0 Å². The quantitative estimate of drug-likeness (QED) is 0.293. The molecule has 0 aliphatic rings. The van der Waals surface area contributed by atoms with Gasteiger partial charge in [-0.15, -0.1) is 0 Å². The van der Waals surface area contributed by atoms with Gasteiger partial charge < -0.3 is 88.8 Å². The van der Waals surface area contributed by atoms with Crippen LogP contribution in [0.1, 0.15) is 0 Å². The average Bonchev–Trinajstić information content (AvgIpc) is 2.70. The topological polar surface area (TPSA) is 27.7 Å². The van der Waals surface area contributed by atoms with Crippen molar-refractivity contribution in [3.63, 3.8) is 0 Å². The van der Waals surface area contributed by atoms with E-state index < -0.39 is 0 Å². The Bertz CT molecular complexity index is 790. The molecule has 0 unspecified atom stereocenters. The summed E-state index contributed by atoms with van der Waals surface area (Å²) in [5.74, 6) is 2.09. The van der Waals surface area contributed by atoms with E-state index in [9.17, 15) is 0 Å². The molecule has 0 spiro atoms. The molecule has 0 radical (unpaired) electrons. The van der Waals surface area contributed by atoms with Crippen molar-refractivity contribution in [3.8, 4) is 17.2 Å². The zero-order valence-corrected chi connectivity index (χ0v) is 21.6. The van der Waals surface area contributed by atoms with Crippen molar-refractivity contribution in [3.05, 3.63) is 91.0 Å². The summed E-state index contributed by atoms with van der Waals surface area (Å²) in [4.78, 5) is 0. The third-order valence-corrected chi connectivity index (χ3v) is 3.33. The van der Waals surface area contributed by atoms with Crippen molar-refractivity contribution >= 4 is 87.7 Å². The second-order valence-corrected chi connectivity index (χ2v) is 8.00. The standard InChI is InChI=1S/3C7H6OS2.Co/c3*9-7(10)8-6-4-2-1-3-5-6;/h3*1-5H,(H,9,10);/q;;;+3/p-3. The van der Waals surface area contributed by atoms with E-state index >= 15 is 0 Å². The molecule has 0 aliphatic carbocycles. The molecular formula is C21H15CoO3S6. The number of benzene rings is 3. The van der Waals surface area contributed by atoms with E-state index in [0.717, 1.165) is 0 Å². The maximum Gasteiger partial charge on any atom is 3.00 e. The van der Waals surface area contributed by atoms with Crippen LogP contribution in [-0.2, 0) is 54.7 Å². The zero-order valence-electron chi connectivity index (χ0n) is 15.7. The Labute approximate surface area is 225 Å². The van der Waals surface area contributed by atoms with E-state index in [2.05, 4.69) is 74.5 Å². The normalized spacial score (nSPS) is 8.52. The van der Waals surface area contributed by atoms with E-state index in [0.29, 0.717) is 17.2 Å². The molecule has 3 aromatic carbocycles. The van der Waals surface area contributed by atoms with Gasteiger partial charge in [0.1, 0.15) is 17.2 Å². The molecule has 0 heterocycles. The molecule has 162 valence electrons. The van der Waals surface area contributed by atoms with Crippen LogP contribution in [0.3, 0.4) is 0 Å². The van der Waals surface area contributed by atoms with Crippen LogP contribution in [0.2, 0.25) is 0 Å². The summed E-state index contributed by atoms with van der Waals surface area (Å²) in [5, 5.41) is 0. The van der Waals surface area contributed by atoms with E-state index in [4.69, 9.17) is 14.2 Å². The first-order chi connectivity index (χ1) is 14.4. The number of hydrogen-bond acceptors (Lipinski definition) is 9. The van der Waals surface area contributed by atoms with Gasteiger partial charge in [0.05, 0.1) is 0 Å². The Morgan fingerprint density at radius 2 is 0.645 bits per heavy atom. The van der Waals surface area contributed by atoms with Gasteiger partial charge in [0.15, 0.2) is 0 Å². The molecule has 0 fully saturated rings. The molecular weight excluding hydrogens is 552 g/mol.